The molecule has 0 aromatic heterocycles. The van der Waals surface area contributed by atoms with E-state index in [1.807, 2.05) is 67.6 Å². The lowest BCUT2D eigenvalue weighted by atomic mass is 9.89. The van der Waals surface area contributed by atoms with Crippen molar-refractivity contribution in [3.63, 3.8) is 0 Å². The summed E-state index contributed by atoms with van der Waals surface area (Å²) < 4.78 is 0. The van der Waals surface area contributed by atoms with Crippen molar-refractivity contribution in [2.75, 3.05) is 29.9 Å². The molecule has 0 spiro atoms. The Morgan fingerprint density at radius 2 is 1.40 bits per heavy atom. The summed E-state index contributed by atoms with van der Waals surface area (Å²) in [4.78, 5) is 28.8. The highest BCUT2D eigenvalue weighted by Crippen LogP contribution is 2.30. The van der Waals surface area contributed by atoms with Gasteiger partial charge in [0.05, 0.1) is 5.56 Å². The lowest BCUT2D eigenvalue weighted by molar-refractivity contribution is 0.0953. The van der Waals surface area contributed by atoms with E-state index in [4.69, 9.17) is 0 Å². The molecule has 0 saturated carbocycles. The molecule has 5 nitrogen and oxygen atoms in total. The fourth-order valence-electron chi connectivity index (χ4n) is 5.48. The smallest absolute Gasteiger partial charge is 0.255 e. The zero-order valence-electron chi connectivity index (χ0n) is 23.1. The average Bonchev–Trinajstić information content (AvgIpc) is 2.99. The molecule has 2 N–H and O–H groups in total. The van der Waals surface area contributed by atoms with Crippen LogP contribution in [-0.2, 0) is 12.8 Å². The van der Waals surface area contributed by atoms with E-state index in [0.29, 0.717) is 29.3 Å². The van der Waals surface area contributed by atoms with Gasteiger partial charge in [-0.05, 0) is 79.5 Å². The molecule has 4 aromatic rings. The minimum absolute atomic E-state index is 0.121. The topological polar surface area (TPSA) is 61.4 Å². The van der Waals surface area contributed by atoms with Gasteiger partial charge in [0.25, 0.3) is 11.8 Å². The third kappa shape index (κ3) is 6.97. The summed E-state index contributed by atoms with van der Waals surface area (Å²) >= 11 is 0. The van der Waals surface area contributed by atoms with Gasteiger partial charge in [0.1, 0.15) is 0 Å². The van der Waals surface area contributed by atoms with Gasteiger partial charge in [-0.2, -0.15) is 0 Å². The number of nitrogens with zero attached hydrogens (tertiary/aromatic N) is 1. The predicted octanol–water partition coefficient (Wildman–Crippen LogP) is 6.68. The van der Waals surface area contributed by atoms with Crippen LogP contribution in [0.3, 0.4) is 0 Å². The monoisotopic (exact) mass is 531 g/mol. The standard InChI is InChI=1S/C35H37N3O2/c1-26-10-8-9-15-31(26)35(40)37-30-16-17-33(32(25-30)34(39)36-21-18-27-11-4-2-5-12-27)38-22-19-29(20-23-38)24-28-13-6-3-7-14-28/h2-17,25,29H,18-24H2,1H3,(H,36,39)(H,37,40). The van der Waals surface area contributed by atoms with Gasteiger partial charge < -0.3 is 15.5 Å². The number of carbonyl (C=O) groups excluding carboxylic acids is 2. The quantitative estimate of drug-likeness (QED) is 0.253. The normalized spacial score (nSPS) is 13.6. The summed E-state index contributed by atoms with van der Waals surface area (Å²) in [5.41, 5.74) is 6.23. The van der Waals surface area contributed by atoms with Crippen molar-refractivity contribution < 1.29 is 9.59 Å². The van der Waals surface area contributed by atoms with Crippen LogP contribution in [0.25, 0.3) is 0 Å². The summed E-state index contributed by atoms with van der Waals surface area (Å²) in [5, 5.41) is 6.11. The van der Waals surface area contributed by atoms with Gasteiger partial charge in [0, 0.05) is 36.6 Å². The van der Waals surface area contributed by atoms with Crippen molar-refractivity contribution in [1.82, 2.24) is 5.32 Å². The first-order valence-electron chi connectivity index (χ1n) is 14.2. The second-order valence-electron chi connectivity index (χ2n) is 10.6. The molecule has 0 atom stereocenters. The van der Waals surface area contributed by atoms with E-state index in [0.717, 1.165) is 50.0 Å². The van der Waals surface area contributed by atoms with Crippen LogP contribution in [-0.4, -0.2) is 31.4 Å². The number of amides is 2. The molecule has 5 rings (SSSR count). The van der Waals surface area contributed by atoms with Crippen LogP contribution in [0.5, 0.6) is 0 Å². The molecule has 2 amide bonds. The molecular formula is C35H37N3O2. The van der Waals surface area contributed by atoms with E-state index >= 15 is 0 Å². The third-order valence-corrected chi connectivity index (χ3v) is 7.75. The number of benzene rings is 4. The summed E-state index contributed by atoms with van der Waals surface area (Å²) in [6.07, 6.45) is 4.01. The van der Waals surface area contributed by atoms with Crippen molar-refractivity contribution in [3.05, 3.63) is 131 Å². The number of hydrogen-bond acceptors (Lipinski definition) is 3. The van der Waals surface area contributed by atoms with E-state index in [2.05, 4.69) is 58.0 Å². The molecule has 40 heavy (non-hydrogen) atoms. The Morgan fingerprint density at radius 1 is 0.750 bits per heavy atom. The highest BCUT2D eigenvalue weighted by atomic mass is 16.2. The minimum atomic E-state index is -0.178. The maximum absolute atomic E-state index is 13.5. The van der Waals surface area contributed by atoms with Gasteiger partial charge in [-0.25, -0.2) is 0 Å². The second-order valence-corrected chi connectivity index (χ2v) is 10.6. The maximum atomic E-state index is 13.5. The average molecular weight is 532 g/mol. The first-order valence-corrected chi connectivity index (χ1v) is 14.2. The summed E-state index contributed by atoms with van der Waals surface area (Å²) in [7, 11) is 0. The Morgan fingerprint density at radius 3 is 2.10 bits per heavy atom. The van der Waals surface area contributed by atoms with E-state index in [1.165, 1.54) is 11.1 Å². The van der Waals surface area contributed by atoms with Crippen LogP contribution < -0.4 is 15.5 Å². The van der Waals surface area contributed by atoms with Crippen LogP contribution in [0.1, 0.15) is 50.2 Å². The lowest BCUT2D eigenvalue weighted by Crippen LogP contribution is -2.36. The molecule has 0 aliphatic carbocycles. The van der Waals surface area contributed by atoms with Gasteiger partial charge in [-0.15, -0.1) is 0 Å². The first kappa shape index (κ1) is 27.2. The van der Waals surface area contributed by atoms with Gasteiger partial charge >= 0.3 is 0 Å². The summed E-state index contributed by atoms with van der Waals surface area (Å²) in [6, 6.07) is 34.0. The largest absolute Gasteiger partial charge is 0.371 e. The lowest BCUT2D eigenvalue weighted by Gasteiger charge is -2.35. The zero-order valence-corrected chi connectivity index (χ0v) is 23.1. The van der Waals surface area contributed by atoms with Crippen LogP contribution in [0.2, 0.25) is 0 Å². The Labute approximate surface area is 237 Å². The fourth-order valence-corrected chi connectivity index (χ4v) is 5.48. The number of carbonyl (C=O) groups is 2. The minimum Gasteiger partial charge on any atom is -0.371 e. The summed E-state index contributed by atoms with van der Waals surface area (Å²) in [6.45, 7) is 4.26. The van der Waals surface area contributed by atoms with Crippen molar-refractivity contribution in [3.8, 4) is 0 Å². The van der Waals surface area contributed by atoms with E-state index in [1.54, 1.807) is 0 Å². The molecule has 4 aromatic carbocycles. The van der Waals surface area contributed by atoms with E-state index in [-0.39, 0.29) is 11.8 Å². The zero-order chi connectivity index (χ0) is 27.7. The molecule has 204 valence electrons. The molecule has 0 unspecified atom stereocenters. The predicted molar refractivity (Wildman–Crippen MR) is 163 cm³/mol. The molecule has 0 bridgehead atoms. The molecular weight excluding hydrogens is 494 g/mol. The van der Waals surface area contributed by atoms with Crippen LogP contribution in [0.15, 0.2) is 103 Å². The number of hydrogen-bond donors (Lipinski definition) is 2. The first-order chi connectivity index (χ1) is 19.6. The van der Waals surface area contributed by atoms with Crippen LogP contribution in [0.4, 0.5) is 11.4 Å². The second kappa shape index (κ2) is 13.1. The molecule has 1 fully saturated rings. The van der Waals surface area contributed by atoms with Gasteiger partial charge in [0.15, 0.2) is 0 Å². The molecule has 0 radical (unpaired) electrons. The van der Waals surface area contributed by atoms with E-state index in [9.17, 15) is 9.59 Å². The number of nitrogens with one attached hydrogen (secondary N) is 2. The van der Waals surface area contributed by atoms with Gasteiger partial charge in [0.2, 0.25) is 0 Å². The summed E-state index contributed by atoms with van der Waals surface area (Å²) in [5.74, 6) is 0.335. The molecule has 1 aliphatic rings. The Hall–Kier alpha value is -4.38. The SMILES string of the molecule is Cc1ccccc1C(=O)Nc1ccc(N2CCC(Cc3ccccc3)CC2)c(C(=O)NCCc2ccccc2)c1. The van der Waals surface area contributed by atoms with Gasteiger partial charge in [-0.1, -0.05) is 78.9 Å². The van der Waals surface area contributed by atoms with Crippen molar-refractivity contribution in [2.24, 2.45) is 5.92 Å². The molecule has 5 heteroatoms. The Kier molecular flexibility index (Phi) is 8.92. The number of rotatable bonds is 9. The number of aryl methyl sites for hydroxylation is 1. The Balaban J connectivity index is 1.31. The molecule has 1 heterocycles. The molecule has 1 saturated heterocycles. The van der Waals surface area contributed by atoms with E-state index < -0.39 is 0 Å². The third-order valence-electron chi connectivity index (χ3n) is 7.75. The number of anilines is 2. The fraction of sp³-hybridized carbons (Fsp3) is 0.257. The van der Waals surface area contributed by atoms with Crippen LogP contribution >= 0.6 is 0 Å². The van der Waals surface area contributed by atoms with Crippen LogP contribution in [0, 0.1) is 12.8 Å². The van der Waals surface area contributed by atoms with Crippen molar-refractivity contribution in [1.29, 1.82) is 0 Å². The Bertz CT molecular complexity index is 1430. The highest BCUT2D eigenvalue weighted by molar-refractivity contribution is 6.07. The maximum Gasteiger partial charge on any atom is 0.255 e. The van der Waals surface area contributed by atoms with Crippen molar-refractivity contribution in [2.45, 2.75) is 32.6 Å². The highest BCUT2D eigenvalue weighted by Gasteiger charge is 2.24. The molecule has 1 aliphatic heterocycles. The van der Waals surface area contributed by atoms with Crippen molar-refractivity contribution >= 4 is 23.2 Å². The number of piperidine rings is 1. The van der Waals surface area contributed by atoms with Gasteiger partial charge in [-0.3, -0.25) is 9.59 Å².